The van der Waals surface area contributed by atoms with Gasteiger partial charge in [-0.3, -0.25) is 14.4 Å². The second-order valence-corrected chi connectivity index (χ2v) is 11.1. The Bertz CT molecular complexity index is 1700. The van der Waals surface area contributed by atoms with Crippen LogP contribution in [0, 0.1) is 5.82 Å². The van der Waals surface area contributed by atoms with Gasteiger partial charge in [0.15, 0.2) is 5.60 Å². The Labute approximate surface area is 245 Å². The van der Waals surface area contributed by atoms with E-state index in [2.05, 4.69) is 10.2 Å². The van der Waals surface area contributed by atoms with Crippen LogP contribution in [0.25, 0.3) is 10.8 Å². The molecule has 1 aliphatic rings. The predicted octanol–water partition coefficient (Wildman–Crippen LogP) is 5.10. The van der Waals surface area contributed by atoms with Crippen LogP contribution < -0.4 is 10.3 Å². The zero-order chi connectivity index (χ0) is 29.3. The number of nitrogens with one attached hydrogen (secondary N) is 1. The maximum atomic E-state index is 14.8. The van der Waals surface area contributed by atoms with Crippen LogP contribution in [0.5, 0.6) is 5.75 Å². The lowest BCUT2D eigenvalue weighted by molar-refractivity contribution is -0.147. The number of ether oxygens (including phenoxy) is 1. The molecule has 0 aliphatic carbocycles. The summed E-state index contributed by atoms with van der Waals surface area (Å²) in [6.07, 6.45) is 0.297. The molecule has 212 valence electrons. The third kappa shape index (κ3) is 5.92. The van der Waals surface area contributed by atoms with Crippen molar-refractivity contribution in [3.63, 3.8) is 0 Å². The molecule has 1 saturated heterocycles. The van der Waals surface area contributed by atoms with E-state index in [9.17, 15) is 18.8 Å². The van der Waals surface area contributed by atoms with Crippen LogP contribution in [0.1, 0.15) is 35.5 Å². The summed E-state index contributed by atoms with van der Waals surface area (Å²) in [6.45, 7) is 4.27. The molecule has 0 spiro atoms. The molecule has 0 radical (unpaired) electrons. The van der Waals surface area contributed by atoms with E-state index >= 15 is 0 Å². The summed E-state index contributed by atoms with van der Waals surface area (Å²) < 4.78 is 20.8. The standard InChI is InChI=1S/C30H27Cl2FN4O4/c1-30(2,41-25-9-5-8-22(31)26(25)32)29(40)37-14-12-36(13-15-37)28(39)21-16-18(10-11-23(21)33)17-24-19-6-3-4-7-20(19)27(38)35-34-24/h3-11,16H,12-15,17H2,1-2H3,(H,35,38). The minimum Gasteiger partial charge on any atom is -0.476 e. The van der Waals surface area contributed by atoms with Crippen LogP contribution >= 0.6 is 23.2 Å². The van der Waals surface area contributed by atoms with Crippen molar-refractivity contribution in [2.75, 3.05) is 26.2 Å². The Morgan fingerprint density at radius 2 is 1.66 bits per heavy atom. The summed E-state index contributed by atoms with van der Waals surface area (Å²) in [5, 5.41) is 8.42. The number of aromatic amines is 1. The van der Waals surface area contributed by atoms with Gasteiger partial charge >= 0.3 is 0 Å². The van der Waals surface area contributed by atoms with Crippen molar-refractivity contribution in [2.24, 2.45) is 0 Å². The zero-order valence-corrected chi connectivity index (χ0v) is 23.9. The fourth-order valence-corrected chi connectivity index (χ4v) is 5.22. The molecule has 4 aromatic rings. The molecule has 1 fully saturated rings. The first-order valence-corrected chi connectivity index (χ1v) is 13.8. The molecule has 3 aromatic carbocycles. The first kappa shape index (κ1) is 28.6. The first-order chi connectivity index (χ1) is 19.5. The fraction of sp³-hybridized carbons (Fsp3) is 0.267. The molecule has 2 amide bonds. The van der Waals surface area contributed by atoms with Gasteiger partial charge in [-0.1, -0.05) is 53.5 Å². The van der Waals surface area contributed by atoms with Gasteiger partial charge in [-0.05, 0) is 49.7 Å². The number of amides is 2. The Morgan fingerprint density at radius 1 is 0.976 bits per heavy atom. The number of hydrogen-bond acceptors (Lipinski definition) is 5. The first-order valence-electron chi connectivity index (χ1n) is 13.0. The van der Waals surface area contributed by atoms with Gasteiger partial charge < -0.3 is 14.5 Å². The van der Waals surface area contributed by atoms with Crippen LogP contribution in [0.2, 0.25) is 10.0 Å². The Morgan fingerprint density at radius 3 is 2.39 bits per heavy atom. The van der Waals surface area contributed by atoms with Crippen LogP contribution in [0.4, 0.5) is 4.39 Å². The number of aromatic nitrogens is 2. The maximum Gasteiger partial charge on any atom is 0.272 e. The Kier molecular flexibility index (Phi) is 8.02. The average Bonchev–Trinajstić information content (AvgIpc) is 2.97. The number of piperazine rings is 1. The predicted molar refractivity (Wildman–Crippen MR) is 155 cm³/mol. The number of hydrogen-bond donors (Lipinski definition) is 1. The molecule has 1 N–H and O–H groups in total. The quantitative estimate of drug-likeness (QED) is 0.334. The number of fused-ring (bicyclic) bond motifs is 1. The third-order valence-electron chi connectivity index (χ3n) is 7.06. The zero-order valence-electron chi connectivity index (χ0n) is 22.4. The SMILES string of the molecule is CC(C)(Oc1cccc(Cl)c1Cl)C(=O)N1CCN(C(=O)c2cc(Cc3n[nH]c(=O)c4ccccc34)ccc2F)CC1. The normalized spacial score (nSPS) is 13.9. The van der Waals surface area contributed by atoms with Gasteiger partial charge in [0.1, 0.15) is 16.6 Å². The highest BCUT2D eigenvalue weighted by Gasteiger charge is 2.37. The molecule has 5 rings (SSSR count). The number of carbonyl (C=O) groups is 2. The summed E-state index contributed by atoms with van der Waals surface area (Å²) in [7, 11) is 0. The van der Waals surface area contributed by atoms with E-state index in [1.165, 1.54) is 17.0 Å². The van der Waals surface area contributed by atoms with E-state index in [1.807, 2.05) is 6.07 Å². The number of halogens is 3. The molecule has 41 heavy (non-hydrogen) atoms. The van der Waals surface area contributed by atoms with E-state index in [0.717, 1.165) is 0 Å². The number of rotatable bonds is 6. The molecular weight excluding hydrogens is 570 g/mol. The smallest absolute Gasteiger partial charge is 0.272 e. The van der Waals surface area contributed by atoms with Crippen molar-refractivity contribution in [1.82, 2.24) is 20.0 Å². The van der Waals surface area contributed by atoms with Crippen molar-refractivity contribution >= 4 is 45.8 Å². The summed E-state index contributed by atoms with van der Waals surface area (Å²) >= 11 is 12.3. The van der Waals surface area contributed by atoms with E-state index in [1.54, 1.807) is 61.2 Å². The highest BCUT2D eigenvalue weighted by molar-refractivity contribution is 6.42. The molecule has 0 bridgehead atoms. The molecular formula is C30H27Cl2FN4O4. The highest BCUT2D eigenvalue weighted by atomic mass is 35.5. The molecule has 2 heterocycles. The van der Waals surface area contributed by atoms with Crippen LogP contribution in [0.15, 0.2) is 65.5 Å². The second-order valence-electron chi connectivity index (χ2n) is 10.3. The Hall–Kier alpha value is -3.95. The number of carbonyl (C=O) groups excluding carboxylic acids is 2. The largest absolute Gasteiger partial charge is 0.476 e. The van der Waals surface area contributed by atoms with Crippen molar-refractivity contribution in [2.45, 2.75) is 25.9 Å². The fourth-order valence-electron chi connectivity index (χ4n) is 4.89. The van der Waals surface area contributed by atoms with E-state index in [-0.39, 0.29) is 48.2 Å². The number of H-pyrrole nitrogens is 1. The topological polar surface area (TPSA) is 95.6 Å². The molecule has 1 aromatic heterocycles. The van der Waals surface area contributed by atoms with Gasteiger partial charge in [0.05, 0.1) is 21.7 Å². The second kappa shape index (κ2) is 11.5. The van der Waals surface area contributed by atoms with Gasteiger partial charge in [-0.25, -0.2) is 9.49 Å². The average molecular weight is 597 g/mol. The van der Waals surface area contributed by atoms with Crippen molar-refractivity contribution in [1.29, 1.82) is 0 Å². The summed E-state index contributed by atoms with van der Waals surface area (Å²) in [5.74, 6) is -1.07. The minimum atomic E-state index is -1.24. The minimum absolute atomic E-state index is 0.0599. The van der Waals surface area contributed by atoms with Crippen LogP contribution in [0.3, 0.4) is 0 Å². The molecule has 8 nitrogen and oxygen atoms in total. The van der Waals surface area contributed by atoms with E-state index in [0.29, 0.717) is 39.2 Å². The summed E-state index contributed by atoms with van der Waals surface area (Å²) in [4.78, 5) is 41.9. The van der Waals surface area contributed by atoms with Crippen molar-refractivity contribution < 1.29 is 18.7 Å². The number of benzene rings is 3. The van der Waals surface area contributed by atoms with Crippen molar-refractivity contribution in [3.8, 4) is 5.75 Å². The van der Waals surface area contributed by atoms with Crippen molar-refractivity contribution in [3.05, 3.63) is 104 Å². The van der Waals surface area contributed by atoms with E-state index in [4.69, 9.17) is 27.9 Å². The summed E-state index contributed by atoms with van der Waals surface area (Å²) in [5.41, 5.74) is -0.301. The highest BCUT2D eigenvalue weighted by Crippen LogP contribution is 2.34. The third-order valence-corrected chi connectivity index (χ3v) is 7.86. The van der Waals surface area contributed by atoms with Gasteiger partial charge in [0.2, 0.25) is 0 Å². The summed E-state index contributed by atoms with van der Waals surface area (Å²) in [6, 6.07) is 16.4. The maximum absolute atomic E-state index is 14.8. The van der Waals surface area contributed by atoms with E-state index < -0.39 is 17.3 Å². The van der Waals surface area contributed by atoms with Crippen LogP contribution in [-0.2, 0) is 11.2 Å². The van der Waals surface area contributed by atoms with Crippen LogP contribution in [-0.4, -0.2) is 63.6 Å². The Balaban J connectivity index is 1.26. The van der Waals surface area contributed by atoms with Gasteiger partial charge in [0, 0.05) is 38.0 Å². The number of nitrogens with zero attached hydrogens (tertiary/aromatic N) is 3. The van der Waals surface area contributed by atoms with Gasteiger partial charge in [0.25, 0.3) is 17.4 Å². The van der Waals surface area contributed by atoms with Gasteiger partial charge in [-0.2, -0.15) is 5.10 Å². The lowest BCUT2D eigenvalue weighted by Crippen LogP contribution is -2.56. The monoisotopic (exact) mass is 596 g/mol. The molecule has 0 unspecified atom stereocenters. The molecule has 0 atom stereocenters. The lowest BCUT2D eigenvalue weighted by atomic mass is 10.0. The van der Waals surface area contributed by atoms with Gasteiger partial charge in [-0.15, -0.1) is 0 Å². The molecule has 0 saturated carbocycles. The lowest BCUT2D eigenvalue weighted by Gasteiger charge is -2.38. The molecule has 1 aliphatic heterocycles. The molecule has 11 heteroatoms.